The van der Waals surface area contributed by atoms with Crippen LogP contribution in [0.25, 0.3) is 10.2 Å². The van der Waals surface area contributed by atoms with Crippen LogP contribution in [0.4, 0.5) is 10.8 Å². The molecule has 0 radical (unpaired) electrons. The molecule has 1 saturated heterocycles. The topological polar surface area (TPSA) is 113 Å². The molecule has 0 unspecified atom stereocenters. The van der Waals surface area contributed by atoms with Gasteiger partial charge in [-0.25, -0.2) is 13.4 Å². The molecule has 1 aliphatic rings. The lowest BCUT2D eigenvalue weighted by atomic mass is 10.1. The number of para-hydroxylation sites is 1. The molecule has 0 saturated carbocycles. The number of nitrogens with one attached hydrogen (secondary N) is 2. The number of carbonyl (C=O) groups excluding carboxylic acids is 1. The van der Waals surface area contributed by atoms with Gasteiger partial charge in [0.1, 0.15) is 5.52 Å². The number of fused-ring (bicyclic) bond motifs is 1. The number of halogens is 2. The second-order valence-electron chi connectivity index (χ2n) is 9.33. The van der Waals surface area contributed by atoms with E-state index in [1.165, 1.54) is 24.3 Å². The predicted octanol–water partition coefficient (Wildman–Crippen LogP) is 4.74. The third-order valence-corrected chi connectivity index (χ3v) is 9.50. The number of hydrogen-bond donors (Lipinski definition) is 2. The fourth-order valence-corrected chi connectivity index (χ4v) is 6.83. The predicted molar refractivity (Wildman–Crippen MR) is 170 cm³/mol. The standard InChI is InChI=1S/C28H30ClN5O5S2.ClH/c1-38-23-11-12-24-25(26(23)39-2)31-28(40-24)34-17-15-33(16-18-34)14-13-30-27(35)21-5-3-4-6-22(21)32-41(36,37)20-9-7-19(29)8-10-20;/h3-12,32H,13-18H2,1-2H3,(H,30,35);1H. The maximum Gasteiger partial charge on any atom is 0.261 e. The Morgan fingerprint density at radius 3 is 2.40 bits per heavy atom. The van der Waals surface area contributed by atoms with E-state index in [-0.39, 0.29) is 34.5 Å². The van der Waals surface area contributed by atoms with Gasteiger partial charge in [0.05, 0.1) is 35.1 Å². The molecule has 1 aliphatic heterocycles. The van der Waals surface area contributed by atoms with Crippen LogP contribution in [0.15, 0.2) is 65.6 Å². The molecule has 2 N–H and O–H groups in total. The molecule has 1 fully saturated rings. The van der Waals surface area contributed by atoms with Crippen LogP contribution in [-0.4, -0.2) is 77.7 Å². The average molecular weight is 653 g/mol. The van der Waals surface area contributed by atoms with Crippen LogP contribution in [0.3, 0.4) is 0 Å². The first-order valence-corrected chi connectivity index (χ1v) is 15.6. The maximum absolute atomic E-state index is 13.0. The Hall–Kier alpha value is -3.29. The second kappa shape index (κ2) is 13.8. The molecule has 1 amide bonds. The molecular formula is C28H31Cl2N5O5S2. The lowest BCUT2D eigenvalue weighted by molar-refractivity contribution is 0.0948. The third kappa shape index (κ3) is 7.01. The number of nitrogens with zero attached hydrogens (tertiary/aromatic N) is 3. The number of anilines is 2. The molecule has 14 heteroatoms. The van der Waals surface area contributed by atoms with E-state index in [2.05, 4.69) is 19.8 Å². The highest BCUT2D eigenvalue weighted by molar-refractivity contribution is 7.92. The molecule has 2 heterocycles. The van der Waals surface area contributed by atoms with Crippen molar-refractivity contribution in [3.63, 3.8) is 0 Å². The van der Waals surface area contributed by atoms with Crippen LogP contribution in [0, 0.1) is 0 Å². The number of sulfonamides is 1. The Bertz CT molecular complexity index is 1640. The van der Waals surface area contributed by atoms with Crippen molar-refractivity contribution in [3.05, 3.63) is 71.2 Å². The zero-order valence-electron chi connectivity index (χ0n) is 23.0. The van der Waals surface area contributed by atoms with E-state index in [4.69, 9.17) is 26.1 Å². The number of amides is 1. The monoisotopic (exact) mass is 651 g/mol. The zero-order valence-corrected chi connectivity index (χ0v) is 26.2. The van der Waals surface area contributed by atoms with Gasteiger partial charge in [-0.1, -0.05) is 35.1 Å². The first kappa shape index (κ1) is 31.6. The SMILES string of the molecule is COc1ccc2sc(N3CCN(CCNC(=O)c4ccccc4NS(=O)(=O)c4ccc(Cl)cc4)CC3)nc2c1OC.Cl. The largest absolute Gasteiger partial charge is 0.493 e. The Morgan fingerprint density at radius 1 is 1.00 bits per heavy atom. The van der Waals surface area contributed by atoms with Gasteiger partial charge in [-0.05, 0) is 48.5 Å². The molecule has 224 valence electrons. The van der Waals surface area contributed by atoms with Gasteiger partial charge in [0.15, 0.2) is 16.6 Å². The van der Waals surface area contributed by atoms with Gasteiger partial charge in [0.2, 0.25) is 0 Å². The van der Waals surface area contributed by atoms with E-state index in [1.54, 1.807) is 49.8 Å². The van der Waals surface area contributed by atoms with Crippen LogP contribution in [0.5, 0.6) is 11.5 Å². The molecular weight excluding hydrogens is 621 g/mol. The number of carbonyl (C=O) groups is 1. The Kier molecular flexibility index (Phi) is 10.4. The van der Waals surface area contributed by atoms with Crippen LogP contribution in [0.2, 0.25) is 5.02 Å². The molecule has 1 aromatic heterocycles. The highest BCUT2D eigenvalue weighted by Gasteiger charge is 2.23. The van der Waals surface area contributed by atoms with Crippen LogP contribution in [0.1, 0.15) is 10.4 Å². The molecule has 3 aromatic carbocycles. The van der Waals surface area contributed by atoms with Crippen molar-refractivity contribution < 1.29 is 22.7 Å². The lowest BCUT2D eigenvalue weighted by Crippen LogP contribution is -2.48. The van der Waals surface area contributed by atoms with Gasteiger partial charge in [-0.2, -0.15) is 0 Å². The Balaban J connectivity index is 0.00000405. The van der Waals surface area contributed by atoms with E-state index < -0.39 is 10.0 Å². The third-order valence-electron chi connectivity index (χ3n) is 6.79. The van der Waals surface area contributed by atoms with Crippen LogP contribution < -0.4 is 24.4 Å². The molecule has 0 spiro atoms. The minimum absolute atomic E-state index is 0. The minimum atomic E-state index is -3.89. The number of ether oxygens (including phenoxy) is 2. The highest BCUT2D eigenvalue weighted by atomic mass is 35.5. The van der Waals surface area contributed by atoms with Gasteiger partial charge in [0.25, 0.3) is 15.9 Å². The summed E-state index contributed by atoms with van der Waals surface area (Å²) in [6.45, 7) is 4.36. The number of methoxy groups -OCH3 is 2. The Labute approximate surface area is 260 Å². The van der Waals surface area contributed by atoms with E-state index in [1.807, 2.05) is 12.1 Å². The number of benzene rings is 3. The maximum atomic E-state index is 13.0. The fraction of sp³-hybridized carbons (Fsp3) is 0.286. The quantitative estimate of drug-likeness (QED) is 0.253. The summed E-state index contributed by atoms with van der Waals surface area (Å²) in [6, 6.07) is 16.3. The van der Waals surface area contributed by atoms with Gasteiger partial charge in [-0.3, -0.25) is 14.4 Å². The van der Waals surface area contributed by atoms with E-state index in [0.29, 0.717) is 29.6 Å². The zero-order chi connectivity index (χ0) is 29.0. The molecule has 0 bridgehead atoms. The lowest BCUT2D eigenvalue weighted by Gasteiger charge is -2.34. The molecule has 5 rings (SSSR count). The molecule has 0 atom stereocenters. The van der Waals surface area contributed by atoms with E-state index >= 15 is 0 Å². The van der Waals surface area contributed by atoms with Crippen molar-refractivity contribution in [2.24, 2.45) is 0 Å². The summed E-state index contributed by atoms with van der Waals surface area (Å²) in [6.07, 6.45) is 0. The summed E-state index contributed by atoms with van der Waals surface area (Å²) in [5.41, 5.74) is 1.25. The first-order chi connectivity index (χ1) is 19.8. The van der Waals surface area contributed by atoms with Crippen molar-refractivity contribution in [1.29, 1.82) is 0 Å². The van der Waals surface area contributed by atoms with Crippen molar-refractivity contribution >= 4 is 72.3 Å². The summed E-state index contributed by atoms with van der Waals surface area (Å²) < 4.78 is 40.2. The van der Waals surface area contributed by atoms with Crippen LogP contribution in [-0.2, 0) is 10.0 Å². The molecule has 10 nitrogen and oxygen atoms in total. The number of hydrogen-bond acceptors (Lipinski definition) is 9. The van der Waals surface area contributed by atoms with Crippen molar-refractivity contribution in [3.8, 4) is 11.5 Å². The Morgan fingerprint density at radius 2 is 1.71 bits per heavy atom. The van der Waals surface area contributed by atoms with E-state index in [0.717, 1.165) is 41.5 Å². The smallest absolute Gasteiger partial charge is 0.261 e. The average Bonchev–Trinajstić information content (AvgIpc) is 3.41. The minimum Gasteiger partial charge on any atom is -0.493 e. The molecule has 0 aliphatic carbocycles. The summed E-state index contributed by atoms with van der Waals surface area (Å²) in [7, 11) is -0.657. The number of thiazole rings is 1. The van der Waals surface area contributed by atoms with Gasteiger partial charge in [-0.15, -0.1) is 12.4 Å². The van der Waals surface area contributed by atoms with Gasteiger partial charge < -0.3 is 19.7 Å². The molecule has 4 aromatic rings. The van der Waals surface area contributed by atoms with Gasteiger partial charge >= 0.3 is 0 Å². The summed E-state index contributed by atoms with van der Waals surface area (Å²) in [4.78, 5) is 22.4. The number of piperazine rings is 1. The van der Waals surface area contributed by atoms with Gasteiger partial charge in [0, 0.05) is 44.3 Å². The summed E-state index contributed by atoms with van der Waals surface area (Å²) >= 11 is 7.51. The molecule has 42 heavy (non-hydrogen) atoms. The number of aromatic nitrogens is 1. The van der Waals surface area contributed by atoms with E-state index in [9.17, 15) is 13.2 Å². The normalized spacial score (nSPS) is 13.8. The summed E-state index contributed by atoms with van der Waals surface area (Å²) in [5.74, 6) is 0.948. The highest BCUT2D eigenvalue weighted by Crippen LogP contribution is 2.40. The second-order valence-corrected chi connectivity index (χ2v) is 12.5. The van der Waals surface area contributed by atoms with Crippen molar-refractivity contribution in [2.75, 3.05) is 63.1 Å². The fourth-order valence-electron chi connectivity index (χ4n) is 4.61. The number of rotatable bonds is 10. The van der Waals surface area contributed by atoms with Crippen molar-refractivity contribution in [1.82, 2.24) is 15.2 Å². The summed E-state index contributed by atoms with van der Waals surface area (Å²) in [5, 5.41) is 4.30. The first-order valence-electron chi connectivity index (χ1n) is 12.9. The van der Waals surface area contributed by atoms with Crippen LogP contribution >= 0.6 is 35.3 Å². The van der Waals surface area contributed by atoms with Crippen molar-refractivity contribution in [2.45, 2.75) is 4.90 Å².